The van der Waals surface area contributed by atoms with Gasteiger partial charge in [-0.15, -0.1) is 0 Å². The highest BCUT2D eigenvalue weighted by Crippen LogP contribution is 2.13. The zero-order valence-corrected chi connectivity index (χ0v) is 11.9. The Morgan fingerprint density at radius 2 is 2.16 bits per heavy atom. The first kappa shape index (κ1) is 15.6. The van der Waals surface area contributed by atoms with Crippen LogP contribution in [0.1, 0.15) is 19.8 Å². The van der Waals surface area contributed by atoms with E-state index in [1.165, 1.54) is 18.3 Å². The van der Waals surface area contributed by atoms with E-state index in [-0.39, 0.29) is 16.9 Å². The standard InChI is InChI=1S/C12H19N3O3S/c1-9(4-3-7-13)12(16)15-10-5-6-11(14-8-10)19(2,17)18/h5-6,8-9H,3-4,7,13H2,1-2H3,(H,15,16). The molecule has 7 heteroatoms. The van der Waals surface area contributed by atoms with Crippen molar-refractivity contribution in [1.82, 2.24) is 4.98 Å². The summed E-state index contributed by atoms with van der Waals surface area (Å²) in [6.07, 6.45) is 3.93. The highest BCUT2D eigenvalue weighted by Gasteiger charge is 2.13. The van der Waals surface area contributed by atoms with Gasteiger partial charge in [-0.3, -0.25) is 4.79 Å². The van der Waals surface area contributed by atoms with E-state index in [0.717, 1.165) is 19.1 Å². The zero-order valence-electron chi connectivity index (χ0n) is 11.1. The minimum atomic E-state index is -3.31. The minimum Gasteiger partial charge on any atom is -0.330 e. The molecule has 1 atom stereocenters. The summed E-state index contributed by atoms with van der Waals surface area (Å²) in [5.41, 5.74) is 5.87. The van der Waals surface area contributed by atoms with E-state index in [4.69, 9.17) is 5.73 Å². The van der Waals surface area contributed by atoms with Gasteiger partial charge in [0.25, 0.3) is 0 Å². The van der Waals surface area contributed by atoms with Crippen LogP contribution < -0.4 is 11.1 Å². The van der Waals surface area contributed by atoms with Gasteiger partial charge in [0.15, 0.2) is 14.9 Å². The van der Waals surface area contributed by atoms with Crippen molar-refractivity contribution in [3.63, 3.8) is 0 Å². The highest BCUT2D eigenvalue weighted by atomic mass is 32.2. The molecule has 0 bridgehead atoms. The van der Waals surface area contributed by atoms with Gasteiger partial charge in [0.05, 0.1) is 11.9 Å². The van der Waals surface area contributed by atoms with E-state index in [1.54, 1.807) is 0 Å². The molecule has 0 saturated heterocycles. The molecule has 1 heterocycles. The molecule has 106 valence electrons. The van der Waals surface area contributed by atoms with Crippen molar-refractivity contribution in [3.05, 3.63) is 18.3 Å². The van der Waals surface area contributed by atoms with Crippen LogP contribution in [0.25, 0.3) is 0 Å². The van der Waals surface area contributed by atoms with E-state index in [9.17, 15) is 13.2 Å². The number of nitrogens with two attached hydrogens (primary N) is 1. The number of hydrogen-bond acceptors (Lipinski definition) is 5. The lowest BCUT2D eigenvalue weighted by Crippen LogP contribution is -2.21. The fourth-order valence-corrected chi connectivity index (χ4v) is 2.05. The van der Waals surface area contributed by atoms with Gasteiger partial charge < -0.3 is 11.1 Å². The molecule has 19 heavy (non-hydrogen) atoms. The third-order valence-electron chi connectivity index (χ3n) is 2.67. The molecule has 0 spiro atoms. The Morgan fingerprint density at radius 1 is 1.47 bits per heavy atom. The van der Waals surface area contributed by atoms with Gasteiger partial charge in [-0.1, -0.05) is 6.92 Å². The van der Waals surface area contributed by atoms with Crippen LogP contribution in [0.15, 0.2) is 23.4 Å². The normalized spacial score (nSPS) is 13.0. The van der Waals surface area contributed by atoms with Crippen LogP contribution in [0.2, 0.25) is 0 Å². The molecule has 1 rings (SSSR count). The molecule has 6 nitrogen and oxygen atoms in total. The van der Waals surface area contributed by atoms with Crippen molar-refractivity contribution in [1.29, 1.82) is 0 Å². The smallest absolute Gasteiger partial charge is 0.227 e. The zero-order chi connectivity index (χ0) is 14.5. The van der Waals surface area contributed by atoms with Crippen LogP contribution in [-0.2, 0) is 14.6 Å². The molecule has 1 amide bonds. The first-order valence-electron chi connectivity index (χ1n) is 6.01. The highest BCUT2D eigenvalue weighted by molar-refractivity contribution is 7.90. The first-order valence-corrected chi connectivity index (χ1v) is 7.90. The van der Waals surface area contributed by atoms with Crippen LogP contribution in [0.3, 0.4) is 0 Å². The molecule has 0 aromatic carbocycles. The Balaban J connectivity index is 2.65. The van der Waals surface area contributed by atoms with Gasteiger partial charge >= 0.3 is 0 Å². The van der Waals surface area contributed by atoms with Gasteiger partial charge in [-0.2, -0.15) is 0 Å². The number of pyridine rings is 1. The third-order valence-corrected chi connectivity index (χ3v) is 3.67. The number of anilines is 1. The van der Waals surface area contributed by atoms with Crippen molar-refractivity contribution in [2.75, 3.05) is 18.1 Å². The minimum absolute atomic E-state index is 0.0123. The number of nitrogens with one attached hydrogen (secondary N) is 1. The summed E-state index contributed by atoms with van der Waals surface area (Å²) >= 11 is 0. The molecule has 0 aliphatic carbocycles. The molecule has 1 aromatic rings. The summed E-state index contributed by atoms with van der Waals surface area (Å²) in [5.74, 6) is -0.263. The van der Waals surface area contributed by atoms with Crippen LogP contribution in [-0.4, -0.2) is 32.1 Å². The molecule has 1 unspecified atom stereocenters. The summed E-state index contributed by atoms with van der Waals surface area (Å²) in [6.45, 7) is 2.38. The molecule has 0 radical (unpaired) electrons. The van der Waals surface area contributed by atoms with Gasteiger partial charge in [-0.05, 0) is 31.5 Å². The molecular formula is C12H19N3O3S. The number of aromatic nitrogens is 1. The molecular weight excluding hydrogens is 266 g/mol. The van der Waals surface area contributed by atoms with Crippen LogP contribution in [0.4, 0.5) is 5.69 Å². The van der Waals surface area contributed by atoms with Crippen molar-refractivity contribution in [3.8, 4) is 0 Å². The number of hydrogen-bond donors (Lipinski definition) is 2. The van der Waals surface area contributed by atoms with E-state index in [2.05, 4.69) is 10.3 Å². The van der Waals surface area contributed by atoms with Crippen molar-refractivity contribution in [2.45, 2.75) is 24.8 Å². The van der Waals surface area contributed by atoms with Crippen LogP contribution in [0.5, 0.6) is 0 Å². The topological polar surface area (TPSA) is 102 Å². The largest absolute Gasteiger partial charge is 0.330 e. The lowest BCUT2D eigenvalue weighted by molar-refractivity contribution is -0.119. The van der Waals surface area contributed by atoms with Crippen molar-refractivity contribution in [2.24, 2.45) is 11.7 Å². The maximum atomic E-state index is 11.8. The van der Waals surface area contributed by atoms with E-state index in [0.29, 0.717) is 12.2 Å². The Hall–Kier alpha value is -1.47. The lowest BCUT2D eigenvalue weighted by Gasteiger charge is -2.11. The second-order valence-corrected chi connectivity index (χ2v) is 6.44. The molecule has 1 aromatic heterocycles. The first-order chi connectivity index (χ1) is 8.84. The van der Waals surface area contributed by atoms with Crippen LogP contribution in [0, 0.1) is 5.92 Å². The summed E-state index contributed by atoms with van der Waals surface area (Å²) < 4.78 is 22.5. The summed E-state index contributed by atoms with van der Waals surface area (Å²) in [4.78, 5) is 15.6. The lowest BCUT2D eigenvalue weighted by atomic mass is 10.0. The number of carbonyl (C=O) groups excluding carboxylic acids is 1. The fourth-order valence-electron chi connectivity index (χ4n) is 1.49. The van der Waals surface area contributed by atoms with Gasteiger partial charge in [0.1, 0.15) is 0 Å². The second kappa shape index (κ2) is 6.63. The van der Waals surface area contributed by atoms with Gasteiger partial charge in [-0.25, -0.2) is 13.4 Å². The Bertz CT molecular complexity index is 526. The van der Waals surface area contributed by atoms with Gasteiger partial charge in [0.2, 0.25) is 5.91 Å². The van der Waals surface area contributed by atoms with Crippen molar-refractivity contribution >= 4 is 21.4 Å². The number of carbonyl (C=O) groups is 1. The quantitative estimate of drug-likeness (QED) is 0.804. The number of nitrogens with zero attached hydrogens (tertiary/aromatic N) is 1. The SMILES string of the molecule is CC(CCCN)C(=O)Nc1ccc(S(C)(=O)=O)nc1. The molecule has 0 aliphatic heterocycles. The summed E-state index contributed by atoms with van der Waals surface area (Å²) in [7, 11) is -3.31. The van der Waals surface area contributed by atoms with E-state index >= 15 is 0 Å². The predicted octanol–water partition coefficient (Wildman–Crippen LogP) is 0.799. The average Bonchev–Trinajstić information content (AvgIpc) is 2.35. The molecule has 0 saturated carbocycles. The molecule has 3 N–H and O–H groups in total. The number of amides is 1. The third kappa shape index (κ3) is 4.96. The molecule has 0 fully saturated rings. The summed E-state index contributed by atoms with van der Waals surface area (Å²) in [5, 5.41) is 2.68. The average molecular weight is 285 g/mol. The maximum Gasteiger partial charge on any atom is 0.227 e. The Labute approximate surface area is 113 Å². The monoisotopic (exact) mass is 285 g/mol. The fraction of sp³-hybridized carbons (Fsp3) is 0.500. The summed E-state index contributed by atoms with van der Waals surface area (Å²) in [6, 6.07) is 2.90. The second-order valence-electron chi connectivity index (χ2n) is 4.48. The predicted molar refractivity (Wildman–Crippen MR) is 73.4 cm³/mol. The number of sulfone groups is 1. The Kier molecular flexibility index (Phi) is 5.44. The molecule has 0 aliphatic rings. The van der Waals surface area contributed by atoms with Crippen molar-refractivity contribution < 1.29 is 13.2 Å². The van der Waals surface area contributed by atoms with Gasteiger partial charge in [0, 0.05) is 12.2 Å². The van der Waals surface area contributed by atoms with E-state index in [1.807, 2.05) is 6.92 Å². The number of rotatable bonds is 6. The van der Waals surface area contributed by atoms with E-state index < -0.39 is 9.84 Å². The van der Waals surface area contributed by atoms with Crippen LogP contribution >= 0.6 is 0 Å². The Morgan fingerprint density at radius 3 is 2.63 bits per heavy atom. The maximum absolute atomic E-state index is 11.8.